The van der Waals surface area contributed by atoms with E-state index in [1.54, 1.807) is 0 Å². The molecule has 0 aromatic heterocycles. The Balaban J connectivity index is 2.80. The predicted octanol–water partition coefficient (Wildman–Crippen LogP) is 4.11. The highest BCUT2D eigenvalue weighted by Crippen LogP contribution is 2.28. The van der Waals surface area contributed by atoms with Gasteiger partial charge in [0, 0.05) is 17.8 Å². The molecule has 0 aliphatic heterocycles. The molecule has 1 aromatic rings. The van der Waals surface area contributed by atoms with Crippen LogP contribution >= 0.6 is 11.6 Å². The first-order valence-electron chi connectivity index (χ1n) is 6.73. The zero-order chi connectivity index (χ0) is 13.8. The van der Waals surface area contributed by atoms with Gasteiger partial charge in [0.15, 0.2) is 0 Å². The van der Waals surface area contributed by atoms with E-state index in [0.717, 1.165) is 25.4 Å². The Morgan fingerprint density at radius 1 is 1.06 bits per heavy atom. The fourth-order valence-corrected chi connectivity index (χ4v) is 2.51. The number of alkyl halides is 1. The molecule has 1 rings (SSSR count). The van der Waals surface area contributed by atoms with Gasteiger partial charge in [-0.15, -0.1) is 11.6 Å². The van der Waals surface area contributed by atoms with Crippen molar-refractivity contribution in [1.29, 1.82) is 0 Å². The van der Waals surface area contributed by atoms with Crippen LogP contribution in [0.4, 0.5) is 0 Å². The molecule has 1 nitrogen and oxygen atoms in total. The number of rotatable bonds is 6. The lowest BCUT2D eigenvalue weighted by atomic mass is 9.80. The number of hydrogen-bond donors (Lipinski definition) is 1. The van der Waals surface area contributed by atoms with Crippen molar-refractivity contribution in [3.05, 3.63) is 34.4 Å². The predicted molar refractivity (Wildman–Crippen MR) is 81.9 cm³/mol. The molecule has 0 aliphatic rings. The summed E-state index contributed by atoms with van der Waals surface area (Å²) in [6.45, 7) is 13.2. The Hall–Kier alpha value is -0.530. The molecule has 18 heavy (non-hydrogen) atoms. The Morgan fingerprint density at radius 2 is 1.67 bits per heavy atom. The topological polar surface area (TPSA) is 12.0 Å². The van der Waals surface area contributed by atoms with Crippen LogP contribution in [0.15, 0.2) is 12.1 Å². The van der Waals surface area contributed by atoms with E-state index in [1.807, 2.05) is 0 Å². The summed E-state index contributed by atoms with van der Waals surface area (Å²) in [7, 11) is 0. The molecule has 0 heterocycles. The molecular formula is C16H26ClN. The number of benzene rings is 1. The average Bonchev–Trinajstić information content (AvgIpc) is 2.29. The normalized spacial score (nSPS) is 11.9. The van der Waals surface area contributed by atoms with Crippen LogP contribution in [-0.4, -0.2) is 19.0 Å². The van der Waals surface area contributed by atoms with Gasteiger partial charge in [-0.2, -0.15) is 0 Å². The van der Waals surface area contributed by atoms with Gasteiger partial charge < -0.3 is 5.32 Å². The summed E-state index contributed by atoms with van der Waals surface area (Å²) < 4.78 is 0. The highest BCUT2D eigenvalue weighted by Gasteiger charge is 2.22. The second-order valence-electron chi connectivity index (χ2n) is 5.85. The van der Waals surface area contributed by atoms with Gasteiger partial charge in [0.2, 0.25) is 0 Å². The van der Waals surface area contributed by atoms with Gasteiger partial charge in [-0.05, 0) is 56.0 Å². The first kappa shape index (κ1) is 15.5. The lowest BCUT2D eigenvalue weighted by Crippen LogP contribution is -2.34. The minimum Gasteiger partial charge on any atom is -0.316 e. The van der Waals surface area contributed by atoms with E-state index in [1.165, 1.54) is 22.3 Å². The van der Waals surface area contributed by atoms with Crippen molar-refractivity contribution in [2.24, 2.45) is 0 Å². The molecule has 0 amide bonds. The quantitative estimate of drug-likeness (QED) is 0.604. The van der Waals surface area contributed by atoms with Crippen molar-refractivity contribution in [2.45, 2.75) is 46.5 Å². The van der Waals surface area contributed by atoms with Crippen LogP contribution < -0.4 is 5.32 Å². The van der Waals surface area contributed by atoms with Crippen LogP contribution in [0.2, 0.25) is 0 Å². The summed E-state index contributed by atoms with van der Waals surface area (Å²) in [6, 6.07) is 4.64. The second-order valence-corrected chi connectivity index (χ2v) is 6.23. The second kappa shape index (κ2) is 6.58. The molecule has 102 valence electrons. The van der Waals surface area contributed by atoms with Crippen molar-refractivity contribution in [1.82, 2.24) is 5.32 Å². The Bertz CT molecular complexity index is 396. The van der Waals surface area contributed by atoms with Crippen molar-refractivity contribution in [2.75, 3.05) is 19.0 Å². The van der Waals surface area contributed by atoms with E-state index in [4.69, 9.17) is 11.6 Å². The molecule has 0 fully saturated rings. The van der Waals surface area contributed by atoms with Gasteiger partial charge in [0.25, 0.3) is 0 Å². The first-order valence-corrected chi connectivity index (χ1v) is 7.27. The fourth-order valence-electron chi connectivity index (χ4n) is 2.38. The summed E-state index contributed by atoms with van der Waals surface area (Å²) >= 11 is 5.69. The highest BCUT2D eigenvalue weighted by atomic mass is 35.5. The minimum absolute atomic E-state index is 0.162. The Kier molecular flexibility index (Phi) is 5.68. The van der Waals surface area contributed by atoms with E-state index in [-0.39, 0.29) is 5.41 Å². The molecule has 0 radical (unpaired) electrons. The summed E-state index contributed by atoms with van der Waals surface area (Å²) in [5.41, 5.74) is 5.76. The highest BCUT2D eigenvalue weighted by molar-refractivity contribution is 6.17. The van der Waals surface area contributed by atoms with Crippen LogP contribution in [0, 0.1) is 20.8 Å². The number of halogens is 1. The molecule has 0 spiro atoms. The Morgan fingerprint density at radius 3 is 2.28 bits per heavy atom. The lowest BCUT2D eigenvalue weighted by Gasteiger charge is -2.28. The molecule has 1 N–H and O–H groups in total. The minimum atomic E-state index is 0.162. The van der Waals surface area contributed by atoms with E-state index < -0.39 is 0 Å². The molecule has 0 saturated carbocycles. The number of aryl methyl sites for hydroxylation is 3. The molecule has 1 aromatic carbocycles. The van der Waals surface area contributed by atoms with Gasteiger partial charge in [-0.1, -0.05) is 26.0 Å². The third-order valence-corrected chi connectivity index (χ3v) is 3.89. The molecular weight excluding hydrogens is 242 g/mol. The molecule has 0 saturated heterocycles. The zero-order valence-corrected chi connectivity index (χ0v) is 13.1. The van der Waals surface area contributed by atoms with Gasteiger partial charge in [0.05, 0.1) is 0 Å². The summed E-state index contributed by atoms with van der Waals surface area (Å²) in [6.07, 6.45) is 1.03. The Labute approximate surface area is 117 Å². The number of hydrogen-bond acceptors (Lipinski definition) is 1. The van der Waals surface area contributed by atoms with Crippen LogP contribution in [0.25, 0.3) is 0 Å². The smallest absolute Gasteiger partial charge is 0.0235 e. The van der Waals surface area contributed by atoms with Crippen molar-refractivity contribution < 1.29 is 0 Å². The van der Waals surface area contributed by atoms with E-state index in [9.17, 15) is 0 Å². The first-order chi connectivity index (χ1) is 8.38. The molecule has 2 heteroatoms. The number of nitrogens with one attached hydrogen (secondary N) is 1. The van der Waals surface area contributed by atoms with Crippen molar-refractivity contribution >= 4 is 11.6 Å². The van der Waals surface area contributed by atoms with Crippen LogP contribution in [-0.2, 0) is 5.41 Å². The standard InChI is InChI=1S/C16H26ClN/c1-12-9-14(3)15(10-13(12)2)16(4,5)11-18-8-6-7-17/h9-10,18H,6-8,11H2,1-5H3. The van der Waals surface area contributed by atoms with Crippen LogP contribution in [0.1, 0.15) is 42.5 Å². The maximum atomic E-state index is 5.69. The SMILES string of the molecule is Cc1cc(C)c(C(C)(C)CNCCCCl)cc1C. The van der Waals surface area contributed by atoms with Crippen molar-refractivity contribution in [3.8, 4) is 0 Å². The van der Waals surface area contributed by atoms with Crippen molar-refractivity contribution in [3.63, 3.8) is 0 Å². The molecule has 0 bridgehead atoms. The molecule has 0 atom stereocenters. The van der Waals surface area contributed by atoms with E-state index in [0.29, 0.717) is 0 Å². The maximum absolute atomic E-state index is 5.69. The third kappa shape index (κ3) is 4.00. The van der Waals surface area contributed by atoms with Crippen LogP contribution in [0.3, 0.4) is 0 Å². The monoisotopic (exact) mass is 267 g/mol. The lowest BCUT2D eigenvalue weighted by molar-refractivity contribution is 0.467. The fraction of sp³-hybridized carbons (Fsp3) is 0.625. The summed E-state index contributed by atoms with van der Waals surface area (Å²) in [4.78, 5) is 0. The van der Waals surface area contributed by atoms with Gasteiger partial charge in [-0.25, -0.2) is 0 Å². The van der Waals surface area contributed by atoms with Gasteiger partial charge in [-0.3, -0.25) is 0 Å². The van der Waals surface area contributed by atoms with Crippen LogP contribution in [0.5, 0.6) is 0 Å². The molecule has 0 unspecified atom stereocenters. The zero-order valence-electron chi connectivity index (χ0n) is 12.4. The van der Waals surface area contributed by atoms with E-state index >= 15 is 0 Å². The molecule has 0 aliphatic carbocycles. The van der Waals surface area contributed by atoms with Gasteiger partial charge in [0.1, 0.15) is 0 Å². The average molecular weight is 268 g/mol. The summed E-state index contributed by atoms with van der Waals surface area (Å²) in [5.74, 6) is 0.732. The maximum Gasteiger partial charge on any atom is 0.0235 e. The van der Waals surface area contributed by atoms with Gasteiger partial charge >= 0.3 is 0 Å². The summed E-state index contributed by atoms with van der Waals surface area (Å²) in [5, 5.41) is 3.50. The van der Waals surface area contributed by atoms with E-state index in [2.05, 4.69) is 52.1 Å². The third-order valence-electron chi connectivity index (χ3n) is 3.62. The largest absolute Gasteiger partial charge is 0.316 e.